The Balaban J connectivity index is 1.62. The molecule has 0 amide bonds. The molecule has 0 bridgehead atoms. The van der Waals surface area contributed by atoms with Gasteiger partial charge in [0, 0.05) is 62.6 Å². The standard InChI is InChI=1S/C33H42N4O2/c1-34(2)18-19-36(4)25-28-11-7-6-10-26(28)15-17-32(38)30-16-14-27(29-12-8-9-13-33(29)39-5)24-31(30)37-22-20-35(3)21-23-37/h6-17,24H,18-23,25H2,1-5H3/b17-15+. The van der Waals surface area contributed by atoms with Crippen molar-refractivity contribution < 1.29 is 9.53 Å². The molecule has 0 spiro atoms. The fraction of sp³-hybridized carbons (Fsp3) is 0.364. The number of nitrogens with zero attached hydrogens (tertiary/aromatic N) is 4. The van der Waals surface area contributed by atoms with Crippen LogP contribution in [0.2, 0.25) is 0 Å². The number of ketones is 1. The van der Waals surface area contributed by atoms with Crippen LogP contribution in [0.4, 0.5) is 5.69 Å². The first-order valence-electron chi connectivity index (χ1n) is 13.7. The molecule has 0 unspecified atom stereocenters. The Labute approximate surface area is 234 Å². The van der Waals surface area contributed by atoms with E-state index in [9.17, 15) is 4.79 Å². The van der Waals surface area contributed by atoms with Gasteiger partial charge in [0.1, 0.15) is 5.75 Å². The second-order valence-corrected chi connectivity index (χ2v) is 10.7. The topological polar surface area (TPSA) is 39.3 Å². The van der Waals surface area contributed by atoms with Crippen LogP contribution in [0, 0.1) is 0 Å². The third-order valence-corrected chi connectivity index (χ3v) is 7.36. The zero-order valence-corrected chi connectivity index (χ0v) is 24.1. The van der Waals surface area contributed by atoms with Crippen molar-refractivity contribution in [2.75, 3.05) is 79.5 Å². The Morgan fingerprint density at radius 2 is 1.64 bits per heavy atom. The van der Waals surface area contributed by atoms with Crippen molar-refractivity contribution in [1.82, 2.24) is 14.7 Å². The molecule has 1 fully saturated rings. The number of anilines is 1. The van der Waals surface area contributed by atoms with Crippen molar-refractivity contribution in [2.45, 2.75) is 6.54 Å². The van der Waals surface area contributed by atoms with Gasteiger partial charge >= 0.3 is 0 Å². The molecule has 0 atom stereocenters. The molecule has 0 saturated carbocycles. The molecule has 3 aromatic rings. The Kier molecular flexibility index (Phi) is 9.93. The number of ether oxygens (including phenoxy) is 1. The number of benzene rings is 3. The molecule has 4 rings (SSSR count). The van der Waals surface area contributed by atoms with Crippen LogP contribution in [0.25, 0.3) is 17.2 Å². The fourth-order valence-corrected chi connectivity index (χ4v) is 4.94. The highest BCUT2D eigenvalue weighted by Gasteiger charge is 2.21. The molecule has 1 aliphatic rings. The number of hydrogen-bond acceptors (Lipinski definition) is 6. The van der Waals surface area contributed by atoms with Crippen molar-refractivity contribution in [3.05, 3.63) is 89.5 Å². The molecular formula is C33H42N4O2. The highest BCUT2D eigenvalue weighted by Crippen LogP contribution is 2.34. The number of rotatable bonds is 11. The molecule has 1 aliphatic heterocycles. The summed E-state index contributed by atoms with van der Waals surface area (Å²) in [6, 6.07) is 22.5. The second kappa shape index (κ2) is 13.6. The van der Waals surface area contributed by atoms with E-state index in [1.165, 1.54) is 5.56 Å². The van der Waals surface area contributed by atoms with Crippen molar-refractivity contribution in [2.24, 2.45) is 0 Å². The molecule has 206 valence electrons. The molecule has 0 N–H and O–H groups in total. The van der Waals surface area contributed by atoms with Gasteiger partial charge in [0.2, 0.25) is 0 Å². The van der Waals surface area contributed by atoms with Gasteiger partial charge in [-0.1, -0.05) is 54.6 Å². The average molecular weight is 527 g/mol. The summed E-state index contributed by atoms with van der Waals surface area (Å²) in [4.78, 5) is 22.8. The summed E-state index contributed by atoms with van der Waals surface area (Å²) in [5.41, 5.74) is 6.08. The van der Waals surface area contributed by atoms with Crippen molar-refractivity contribution in [3.63, 3.8) is 0 Å². The Morgan fingerprint density at radius 1 is 0.923 bits per heavy atom. The summed E-state index contributed by atoms with van der Waals surface area (Å²) in [7, 11) is 10.2. The number of para-hydroxylation sites is 1. The third-order valence-electron chi connectivity index (χ3n) is 7.36. The normalized spacial score (nSPS) is 14.5. The van der Waals surface area contributed by atoms with E-state index in [4.69, 9.17) is 4.74 Å². The van der Waals surface area contributed by atoms with Gasteiger partial charge in [-0.25, -0.2) is 0 Å². The van der Waals surface area contributed by atoms with Crippen LogP contribution in [0.5, 0.6) is 5.75 Å². The molecule has 39 heavy (non-hydrogen) atoms. The Bertz CT molecular complexity index is 1280. The SMILES string of the molecule is COc1ccccc1-c1ccc(C(=O)/C=C/c2ccccc2CN(C)CCN(C)C)c(N2CCN(C)CC2)c1. The van der Waals surface area contributed by atoms with Crippen LogP contribution in [0.15, 0.2) is 72.8 Å². The lowest BCUT2D eigenvalue weighted by Gasteiger charge is -2.35. The maximum absolute atomic E-state index is 13.7. The van der Waals surface area contributed by atoms with E-state index in [1.54, 1.807) is 13.2 Å². The van der Waals surface area contributed by atoms with Gasteiger partial charge in [-0.3, -0.25) is 4.79 Å². The van der Waals surface area contributed by atoms with Crippen molar-refractivity contribution in [3.8, 4) is 16.9 Å². The second-order valence-electron chi connectivity index (χ2n) is 10.7. The molecule has 0 aliphatic carbocycles. The minimum absolute atomic E-state index is 0.0197. The lowest BCUT2D eigenvalue weighted by atomic mass is 9.98. The van der Waals surface area contributed by atoms with Crippen LogP contribution in [0.3, 0.4) is 0 Å². The molecule has 0 aromatic heterocycles. The number of carbonyl (C=O) groups is 1. The summed E-state index contributed by atoms with van der Waals surface area (Å²) in [6.07, 6.45) is 3.70. The predicted octanol–water partition coefficient (Wildman–Crippen LogP) is 5.00. The monoisotopic (exact) mass is 526 g/mol. The van der Waals surface area contributed by atoms with Crippen LogP contribution < -0.4 is 9.64 Å². The minimum atomic E-state index is 0.0197. The van der Waals surface area contributed by atoms with Crippen LogP contribution in [0.1, 0.15) is 21.5 Å². The summed E-state index contributed by atoms with van der Waals surface area (Å²) < 4.78 is 5.63. The Morgan fingerprint density at radius 3 is 2.38 bits per heavy atom. The molecule has 6 heteroatoms. The van der Waals surface area contributed by atoms with Crippen LogP contribution in [-0.4, -0.2) is 95.1 Å². The molecule has 0 radical (unpaired) electrons. The van der Waals surface area contributed by atoms with E-state index in [-0.39, 0.29) is 5.78 Å². The van der Waals surface area contributed by atoms with E-state index in [0.717, 1.165) is 79.5 Å². The van der Waals surface area contributed by atoms with Crippen molar-refractivity contribution in [1.29, 1.82) is 0 Å². The molecular weight excluding hydrogens is 484 g/mol. The van der Waals surface area contributed by atoms with Gasteiger partial charge in [0.05, 0.1) is 7.11 Å². The number of likely N-dealkylation sites (N-methyl/N-ethyl adjacent to an activating group) is 3. The quantitative estimate of drug-likeness (QED) is 0.259. The zero-order valence-electron chi connectivity index (χ0n) is 24.1. The smallest absolute Gasteiger partial charge is 0.187 e. The maximum Gasteiger partial charge on any atom is 0.187 e. The van der Waals surface area contributed by atoms with Crippen LogP contribution in [-0.2, 0) is 6.54 Å². The molecule has 6 nitrogen and oxygen atoms in total. The lowest BCUT2D eigenvalue weighted by Crippen LogP contribution is -2.45. The fourth-order valence-electron chi connectivity index (χ4n) is 4.94. The predicted molar refractivity (Wildman–Crippen MR) is 163 cm³/mol. The molecule has 1 saturated heterocycles. The zero-order chi connectivity index (χ0) is 27.8. The van der Waals surface area contributed by atoms with Gasteiger partial charge in [0.25, 0.3) is 0 Å². The highest BCUT2D eigenvalue weighted by molar-refractivity contribution is 6.11. The average Bonchev–Trinajstić information content (AvgIpc) is 2.95. The summed E-state index contributed by atoms with van der Waals surface area (Å²) in [5, 5.41) is 0. The first-order valence-corrected chi connectivity index (χ1v) is 13.7. The number of hydrogen-bond donors (Lipinski definition) is 0. The van der Waals surface area contributed by atoms with Crippen LogP contribution >= 0.6 is 0 Å². The summed E-state index contributed by atoms with van der Waals surface area (Å²) in [6.45, 7) is 6.54. The van der Waals surface area contributed by atoms with Gasteiger partial charge in [-0.2, -0.15) is 0 Å². The third kappa shape index (κ3) is 7.57. The Hall–Kier alpha value is -3.45. The molecule has 3 aromatic carbocycles. The number of carbonyl (C=O) groups excluding carboxylic acids is 1. The summed E-state index contributed by atoms with van der Waals surface area (Å²) in [5.74, 6) is 0.847. The first-order chi connectivity index (χ1) is 18.9. The van der Waals surface area contributed by atoms with Gasteiger partial charge in [-0.15, -0.1) is 0 Å². The maximum atomic E-state index is 13.7. The van der Waals surface area contributed by atoms with E-state index < -0.39 is 0 Å². The first kappa shape index (κ1) is 28.6. The van der Waals surface area contributed by atoms with Gasteiger partial charge < -0.3 is 24.3 Å². The minimum Gasteiger partial charge on any atom is -0.496 e. The summed E-state index contributed by atoms with van der Waals surface area (Å²) >= 11 is 0. The highest BCUT2D eigenvalue weighted by atomic mass is 16.5. The number of allylic oxidation sites excluding steroid dienone is 1. The van der Waals surface area contributed by atoms with Gasteiger partial charge in [0.15, 0.2) is 5.78 Å². The lowest BCUT2D eigenvalue weighted by molar-refractivity contribution is 0.104. The number of piperazine rings is 1. The van der Waals surface area contributed by atoms with E-state index >= 15 is 0 Å². The van der Waals surface area contributed by atoms with Crippen molar-refractivity contribution >= 4 is 17.5 Å². The van der Waals surface area contributed by atoms with E-state index in [2.05, 4.69) is 78.1 Å². The van der Waals surface area contributed by atoms with E-state index in [1.807, 2.05) is 42.5 Å². The largest absolute Gasteiger partial charge is 0.496 e. The van der Waals surface area contributed by atoms with E-state index in [0.29, 0.717) is 0 Å². The van der Waals surface area contributed by atoms with Gasteiger partial charge in [-0.05, 0) is 69.2 Å². The molecule has 1 heterocycles. The number of methoxy groups -OCH3 is 1.